The molecule has 4 fully saturated rings. The van der Waals surface area contributed by atoms with E-state index < -0.39 is 34.5 Å². The average Bonchev–Trinajstić information content (AvgIpc) is 2.40. The molecule has 4 aliphatic rings. The van der Waals surface area contributed by atoms with E-state index >= 15 is 4.39 Å². The second kappa shape index (κ2) is 31.3. The topological polar surface area (TPSA) is 191 Å². The number of amides is 3. The molecule has 2 aromatic heterocycles. The first kappa shape index (κ1) is 65.5. The van der Waals surface area contributed by atoms with Crippen LogP contribution in [0.15, 0.2) is 67.3 Å². The van der Waals surface area contributed by atoms with E-state index in [4.69, 9.17) is 26.8 Å². The molecule has 15 nitrogen and oxygen atoms in total. The number of methoxy groups -OCH3 is 1. The Morgan fingerprint density at radius 2 is 1.69 bits per heavy atom. The Morgan fingerprint density at radius 1 is 1.01 bits per heavy atom. The van der Waals surface area contributed by atoms with Crippen molar-refractivity contribution < 1.29 is 45.8 Å². The van der Waals surface area contributed by atoms with E-state index in [1.807, 2.05) is 65.3 Å². The molecule has 83 heavy (non-hydrogen) atoms. The third-order valence-electron chi connectivity index (χ3n) is 14.4. The molecule has 4 saturated heterocycles. The van der Waals surface area contributed by atoms with E-state index in [1.165, 1.54) is 33.0 Å². The Bertz CT molecular complexity index is 3170. The number of nitrogen functional groups attached to an aromatic ring is 1. The number of hydrogen-bond acceptors (Lipinski definition) is 13. The minimum Gasteiger partial charge on any atom is -0.467 e. The number of thiophene rings is 1. The standard InChI is InChI=1S/C25H21F5N6OS.C17H31N3O3.C15H14ClNO.C4H10/c1-3-18(26)21-13(16(8-31)22(32)38-21)6-14-17(25(28,29)30)7-15-20(19(14)27)34-24(37-2)35-23(15)36-9-11-4-5-12(10-36)33-11;1-15-6-4-11-20(15)17(22)14-18-16(21)7-13-23-12-5-10-19-8-2-3-9-19;1-11(17-10-18)12-6-8-13(9-7-12)14-4-2-3-5-15(14)16;1-4(2)3/h3,6-7,11-12,33H,1,4-5,9-10,32H2,2H3;15H,2-14H2,1H3,(H,18,21);2-11H,1H3,(H,17,18);4H,1-3H3/b13-6+,21-18-;;;/t;15-;11-;/m.10./s1. The van der Waals surface area contributed by atoms with E-state index in [-0.39, 0.29) is 74.0 Å². The van der Waals surface area contributed by atoms with Gasteiger partial charge in [-0.25, -0.2) is 8.78 Å². The third-order valence-corrected chi connectivity index (χ3v) is 15.7. The summed E-state index contributed by atoms with van der Waals surface area (Å²) in [6.07, 6.45) is 5.24. The van der Waals surface area contributed by atoms with Gasteiger partial charge in [0.15, 0.2) is 5.82 Å². The van der Waals surface area contributed by atoms with Crippen LogP contribution in [0.25, 0.3) is 33.9 Å². The smallest absolute Gasteiger partial charge is 0.417 e. The Balaban J connectivity index is 0.000000209. The van der Waals surface area contributed by atoms with Crippen molar-refractivity contribution in [2.24, 2.45) is 5.92 Å². The molecule has 2 unspecified atom stereocenters. The normalized spacial score (nSPS) is 18.5. The van der Waals surface area contributed by atoms with Gasteiger partial charge in [-0.1, -0.05) is 81.4 Å². The van der Waals surface area contributed by atoms with Crippen molar-refractivity contribution in [1.82, 2.24) is 35.7 Å². The van der Waals surface area contributed by atoms with E-state index in [0.29, 0.717) is 56.5 Å². The number of fused-ring (bicyclic) bond motifs is 3. The molecule has 22 heteroatoms. The number of benzene rings is 3. The van der Waals surface area contributed by atoms with Crippen LogP contribution in [-0.4, -0.2) is 122 Å². The summed E-state index contributed by atoms with van der Waals surface area (Å²) in [5.41, 5.74) is 6.07. The number of carbonyl (C=O) groups excluding carboxylic acids is 3. The van der Waals surface area contributed by atoms with Crippen molar-refractivity contribution in [3.8, 4) is 23.2 Å². The molecule has 448 valence electrons. The molecule has 9 rings (SSSR count). The molecular formula is C61H76ClF5N10O5S. The lowest BCUT2D eigenvalue weighted by atomic mass is 10.00. The Morgan fingerprint density at radius 3 is 2.28 bits per heavy atom. The fourth-order valence-corrected chi connectivity index (χ4v) is 11.4. The van der Waals surface area contributed by atoms with Crippen molar-refractivity contribution in [2.75, 3.05) is 76.8 Å². The van der Waals surface area contributed by atoms with E-state index in [0.717, 1.165) is 91.0 Å². The number of likely N-dealkylation sites (tertiary alicyclic amines) is 2. The molecule has 0 spiro atoms. The number of halogens is 6. The number of aromatic nitrogens is 2. The van der Waals surface area contributed by atoms with Gasteiger partial charge in [-0.3, -0.25) is 14.4 Å². The lowest BCUT2D eigenvalue weighted by molar-refractivity contribution is -0.137. The molecule has 0 saturated carbocycles. The summed E-state index contributed by atoms with van der Waals surface area (Å²) in [5, 5.41) is 18.6. The minimum absolute atomic E-state index is 0.0165. The molecular weight excluding hydrogens is 1120 g/mol. The Kier molecular flexibility index (Phi) is 24.7. The number of alkyl halides is 3. The van der Waals surface area contributed by atoms with Crippen LogP contribution in [0.2, 0.25) is 5.02 Å². The number of nitrogens with two attached hydrogens (primary N) is 1. The number of anilines is 2. The highest BCUT2D eigenvalue weighted by atomic mass is 35.5. The maximum absolute atomic E-state index is 16.1. The van der Waals surface area contributed by atoms with Gasteiger partial charge in [0.2, 0.25) is 18.2 Å². The van der Waals surface area contributed by atoms with Gasteiger partial charge >= 0.3 is 12.2 Å². The summed E-state index contributed by atoms with van der Waals surface area (Å²) in [5.74, 6) is -1.35. The number of nitrogens with zero attached hydrogens (tertiary/aromatic N) is 6. The van der Waals surface area contributed by atoms with Crippen molar-refractivity contribution in [3.05, 3.63) is 110 Å². The summed E-state index contributed by atoms with van der Waals surface area (Å²) >= 11 is 6.80. The van der Waals surface area contributed by atoms with E-state index in [1.54, 1.807) is 6.07 Å². The highest BCUT2D eigenvalue weighted by Crippen LogP contribution is 2.40. The number of hydrogen-bond donors (Lipinski definition) is 4. The van der Waals surface area contributed by atoms with Crippen molar-refractivity contribution in [2.45, 2.75) is 116 Å². The van der Waals surface area contributed by atoms with Gasteiger partial charge in [-0.2, -0.15) is 28.4 Å². The molecule has 4 aliphatic heterocycles. The van der Waals surface area contributed by atoms with Crippen molar-refractivity contribution in [1.29, 1.82) is 5.26 Å². The summed E-state index contributed by atoms with van der Waals surface area (Å²) in [6.45, 7) is 20.3. The van der Waals surface area contributed by atoms with Crippen LogP contribution < -0.4 is 41.1 Å². The summed E-state index contributed by atoms with van der Waals surface area (Å²) in [7, 11) is 1.27. The first-order chi connectivity index (χ1) is 39.7. The molecule has 6 heterocycles. The second-order valence-corrected chi connectivity index (χ2v) is 22.9. The third kappa shape index (κ3) is 18.2. The van der Waals surface area contributed by atoms with Gasteiger partial charge in [0.25, 0.3) is 0 Å². The zero-order valence-electron chi connectivity index (χ0n) is 48.0. The van der Waals surface area contributed by atoms with Crippen LogP contribution in [0.3, 0.4) is 0 Å². The summed E-state index contributed by atoms with van der Waals surface area (Å²) in [6, 6.07) is 18.7. The fraction of sp³-hybridized carbons (Fsp3) is 0.475. The predicted octanol–water partition coefficient (Wildman–Crippen LogP) is 9.83. The lowest BCUT2D eigenvalue weighted by Crippen LogP contribution is -2.51. The van der Waals surface area contributed by atoms with Crippen molar-refractivity contribution >= 4 is 74.8 Å². The SMILES string of the molecule is C=C/C(F)=c1/sc(N)c(C#N)/c1=C\c1c(C(F)(F)F)cc2c(N3CC4CCC(C3)N4)nc(OC)nc2c1F.CC(C)C.C[C@@H]1CCCN1C(=O)CNC(=O)CCOCCCN1CCCC1.C[C@H](NC=O)c1ccc(-c2ccccc2Cl)cc1. The quantitative estimate of drug-likeness (QED) is 0.0392. The summed E-state index contributed by atoms with van der Waals surface area (Å²) in [4.78, 5) is 48.5. The molecule has 5 aromatic rings. The summed E-state index contributed by atoms with van der Waals surface area (Å²) < 4.78 is 84.1. The average molecular weight is 1190 g/mol. The second-order valence-electron chi connectivity index (χ2n) is 21.5. The Labute approximate surface area is 491 Å². The van der Waals surface area contributed by atoms with Crippen LogP contribution in [0.1, 0.15) is 114 Å². The molecule has 0 aliphatic carbocycles. The van der Waals surface area contributed by atoms with Gasteiger partial charge in [0.05, 0.1) is 42.0 Å². The molecule has 0 radical (unpaired) electrons. The molecule has 3 amide bonds. The van der Waals surface area contributed by atoms with E-state index in [9.17, 15) is 37.2 Å². The zero-order chi connectivity index (χ0) is 60.4. The number of nitriles is 1. The first-order valence-corrected chi connectivity index (χ1v) is 29.3. The number of nitrogens with one attached hydrogen (secondary N) is 3. The fourth-order valence-electron chi connectivity index (χ4n) is 10.2. The number of piperazine rings is 1. The number of ether oxygens (including phenoxy) is 2. The van der Waals surface area contributed by atoms with Gasteiger partial charge in [-0.05, 0) is 113 Å². The molecule has 4 atom stereocenters. The van der Waals surface area contributed by atoms with Crippen LogP contribution in [-0.2, 0) is 25.3 Å². The van der Waals surface area contributed by atoms with Crippen LogP contribution in [0, 0.1) is 23.1 Å². The molecule has 3 aromatic carbocycles. The number of carbonyl (C=O) groups is 3. The van der Waals surface area contributed by atoms with Crippen molar-refractivity contribution in [3.63, 3.8) is 0 Å². The molecule has 5 N–H and O–H groups in total. The maximum atomic E-state index is 16.1. The zero-order valence-corrected chi connectivity index (χ0v) is 49.6. The van der Waals surface area contributed by atoms with Gasteiger partial charge in [0.1, 0.15) is 28.2 Å². The number of allylic oxidation sites excluding steroid dienone is 1. The molecule has 2 bridgehead atoms. The Hall–Kier alpha value is -6.70. The monoisotopic (exact) mass is 1190 g/mol. The highest BCUT2D eigenvalue weighted by Gasteiger charge is 2.38. The van der Waals surface area contributed by atoms with Gasteiger partial charge in [0, 0.05) is 84.1 Å². The van der Waals surface area contributed by atoms with Crippen LogP contribution in [0.5, 0.6) is 6.01 Å². The minimum atomic E-state index is -5.00. The predicted molar refractivity (Wildman–Crippen MR) is 318 cm³/mol. The largest absolute Gasteiger partial charge is 0.467 e. The van der Waals surface area contributed by atoms with E-state index in [2.05, 4.69) is 65.1 Å². The van der Waals surface area contributed by atoms with Crippen LogP contribution in [0.4, 0.5) is 32.8 Å². The van der Waals surface area contributed by atoms with Gasteiger partial charge in [-0.15, -0.1) is 11.3 Å². The first-order valence-electron chi connectivity index (χ1n) is 28.1. The van der Waals surface area contributed by atoms with Gasteiger partial charge < -0.3 is 45.9 Å². The van der Waals surface area contributed by atoms with Crippen LogP contribution >= 0.6 is 22.9 Å². The highest BCUT2D eigenvalue weighted by molar-refractivity contribution is 7.14. The maximum Gasteiger partial charge on any atom is 0.417 e. The number of rotatable bonds is 17. The lowest BCUT2D eigenvalue weighted by Gasteiger charge is -2.34.